The Morgan fingerprint density at radius 1 is 0.943 bits per heavy atom. The zero-order valence-electron chi connectivity index (χ0n) is 19.2. The molecule has 178 valence electrons. The minimum absolute atomic E-state index is 0.144. The molecule has 3 fully saturated rings. The lowest BCUT2D eigenvalue weighted by Crippen LogP contribution is -2.51. The molecule has 0 bridgehead atoms. The van der Waals surface area contributed by atoms with Gasteiger partial charge in [0.2, 0.25) is 0 Å². The average molecular weight is 488 g/mol. The zero-order valence-corrected chi connectivity index (χ0v) is 19.9. The molecule has 0 N–H and O–H groups in total. The standard InChI is InChI=1S/C29H26ClNO4/c30-25(26(32)34-18-20-10-4-1-5-11-20)29(19-28(29)16-17-28)31-23(21-12-6-2-7-13-21)24(35-27(31)33)22-14-8-3-9-15-22/h1-15,23-25H,16-19H2/t23-,24+,25?,29?/m1/s1. The molecule has 3 aromatic carbocycles. The van der Waals surface area contributed by atoms with Crippen molar-refractivity contribution in [2.45, 2.75) is 48.9 Å². The molecule has 2 aliphatic carbocycles. The van der Waals surface area contributed by atoms with E-state index in [4.69, 9.17) is 21.1 Å². The number of alkyl halides is 1. The Bertz CT molecular complexity index is 1230. The summed E-state index contributed by atoms with van der Waals surface area (Å²) in [6.07, 6.45) is 1.61. The lowest BCUT2D eigenvalue weighted by atomic mass is 9.92. The summed E-state index contributed by atoms with van der Waals surface area (Å²) < 4.78 is 11.6. The summed E-state index contributed by atoms with van der Waals surface area (Å²) >= 11 is 6.94. The highest BCUT2D eigenvalue weighted by atomic mass is 35.5. The third-order valence-corrected chi connectivity index (χ3v) is 8.33. The largest absolute Gasteiger partial charge is 0.460 e. The first-order valence-corrected chi connectivity index (χ1v) is 12.4. The van der Waals surface area contributed by atoms with Crippen molar-refractivity contribution in [2.24, 2.45) is 5.41 Å². The number of cyclic esters (lactones) is 1. The van der Waals surface area contributed by atoms with E-state index in [1.54, 1.807) is 4.90 Å². The maximum Gasteiger partial charge on any atom is 0.411 e. The second kappa shape index (κ2) is 8.42. The van der Waals surface area contributed by atoms with Crippen molar-refractivity contribution in [3.63, 3.8) is 0 Å². The van der Waals surface area contributed by atoms with Crippen LogP contribution in [0, 0.1) is 5.41 Å². The third kappa shape index (κ3) is 3.61. The van der Waals surface area contributed by atoms with Gasteiger partial charge in [0.15, 0.2) is 11.5 Å². The minimum atomic E-state index is -0.984. The Morgan fingerprint density at radius 3 is 2.09 bits per heavy atom. The van der Waals surface area contributed by atoms with E-state index in [0.717, 1.165) is 29.5 Å². The summed E-state index contributed by atoms with van der Waals surface area (Å²) in [4.78, 5) is 28.6. The Kier molecular flexibility index (Phi) is 5.33. The Morgan fingerprint density at radius 2 is 1.51 bits per heavy atom. The van der Waals surface area contributed by atoms with E-state index in [2.05, 4.69) is 0 Å². The van der Waals surface area contributed by atoms with Gasteiger partial charge in [0.05, 0.1) is 5.54 Å². The average Bonchev–Trinajstić information content (AvgIpc) is 3.80. The lowest BCUT2D eigenvalue weighted by molar-refractivity contribution is -0.146. The lowest BCUT2D eigenvalue weighted by Gasteiger charge is -2.36. The number of nitrogens with zero attached hydrogens (tertiary/aromatic N) is 1. The van der Waals surface area contributed by atoms with Crippen LogP contribution < -0.4 is 0 Å². The first-order chi connectivity index (χ1) is 17.1. The summed E-state index contributed by atoms with van der Waals surface area (Å²) in [5, 5.41) is -0.984. The maximum absolute atomic E-state index is 13.5. The van der Waals surface area contributed by atoms with Crippen molar-refractivity contribution < 1.29 is 19.1 Å². The van der Waals surface area contributed by atoms with Gasteiger partial charge < -0.3 is 9.47 Å². The molecule has 1 amide bonds. The molecule has 3 aromatic rings. The van der Waals surface area contributed by atoms with Gasteiger partial charge in [-0.1, -0.05) is 91.0 Å². The molecule has 2 saturated carbocycles. The first kappa shape index (κ1) is 22.2. The van der Waals surface area contributed by atoms with Crippen LogP contribution in [0.2, 0.25) is 0 Å². The van der Waals surface area contributed by atoms with E-state index in [1.807, 2.05) is 91.0 Å². The van der Waals surface area contributed by atoms with Crippen molar-refractivity contribution in [3.05, 3.63) is 108 Å². The number of rotatable bonds is 7. The van der Waals surface area contributed by atoms with Crippen LogP contribution in [0.5, 0.6) is 0 Å². The summed E-state index contributed by atoms with van der Waals surface area (Å²) in [5.74, 6) is -0.498. The van der Waals surface area contributed by atoms with Gasteiger partial charge >= 0.3 is 12.1 Å². The van der Waals surface area contributed by atoms with Gasteiger partial charge in [0, 0.05) is 0 Å². The molecule has 6 rings (SSSR count). The van der Waals surface area contributed by atoms with Crippen LogP contribution in [0.1, 0.15) is 48.1 Å². The SMILES string of the molecule is O=C(OCc1ccccc1)C(Cl)C1(N2C(=O)O[C@@H](c3ccccc3)[C@H]2c2ccccc2)CC12CC2. The van der Waals surface area contributed by atoms with Crippen molar-refractivity contribution in [2.75, 3.05) is 0 Å². The van der Waals surface area contributed by atoms with Crippen molar-refractivity contribution >= 4 is 23.7 Å². The molecule has 6 heteroatoms. The van der Waals surface area contributed by atoms with Crippen molar-refractivity contribution in [1.82, 2.24) is 4.90 Å². The molecule has 1 heterocycles. The van der Waals surface area contributed by atoms with Crippen LogP contribution >= 0.6 is 11.6 Å². The van der Waals surface area contributed by atoms with Gasteiger partial charge in [-0.2, -0.15) is 0 Å². The normalized spacial score (nSPS) is 26.8. The number of hydrogen-bond donors (Lipinski definition) is 0. The third-order valence-electron chi connectivity index (χ3n) is 7.79. The molecule has 5 nitrogen and oxygen atoms in total. The van der Waals surface area contributed by atoms with Crippen LogP contribution in [-0.4, -0.2) is 27.9 Å². The second-order valence-electron chi connectivity index (χ2n) is 9.78. The predicted molar refractivity (Wildman–Crippen MR) is 132 cm³/mol. The highest BCUT2D eigenvalue weighted by molar-refractivity contribution is 6.31. The molecule has 2 unspecified atom stereocenters. The van der Waals surface area contributed by atoms with Gasteiger partial charge in [-0.05, 0) is 41.4 Å². The number of benzene rings is 3. The van der Waals surface area contributed by atoms with E-state index < -0.39 is 35.1 Å². The molecule has 1 spiro atoms. The number of halogens is 1. The fourth-order valence-electron chi connectivity index (χ4n) is 5.81. The van der Waals surface area contributed by atoms with Crippen LogP contribution in [0.25, 0.3) is 0 Å². The van der Waals surface area contributed by atoms with Crippen LogP contribution in [0.3, 0.4) is 0 Å². The monoisotopic (exact) mass is 487 g/mol. The van der Waals surface area contributed by atoms with Crippen molar-refractivity contribution in [1.29, 1.82) is 0 Å². The highest BCUT2D eigenvalue weighted by Crippen LogP contribution is 2.79. The predicted octanol–water partition coefficient (Wildman–Crippen LogP) is 6.19. The van der Waals surface area contributed by atoms with E-state index in [9.17, 15) is 9.59 Å². The fourth-order valence-corrected chi connectivity index (χ4v) is 6.28. The summed E-state index contributed by atoms with van der Waals surface area (Å²) in [6, 6.07) is 28.7. The number of carbonyl (C=O) groups is 2. The number of hydrogen-bond acceptors (Lipinski definition) is 4. The van der Waals surface area contributed by atoms with Gasteiger partial charge in [0.1, 0.15) is 12.6 Å². The van der Waals surface area contributed by atoms with Crippen LogP contribution in [0.15, 0.2) is 91.0 Å². The van der Waals surface area contributed by atoms with Gasteiger partial charge in [0.25, 0.3) is 0 Å². The van der Waals surface area contributed by atoms with Crippen molar-refractivity contribution in [3.8, 4) is 0 Å². The van der Waals surface area contributed by atoms with E-state index >= 15 is 0 Å². The number of esters is 1. The first-order valence-electron chi connectivity index (χ1n) is 12.0. The smallest absolute Gasteiger partial charge is 0.411 e. The molecular formula is C29H26ClNO4. The van der Waals surface area contributed by atoms with E-state index in [-0.39, 0.29) is 12.0 Å². The number of amides is 1. The topological polar surface area (TPSA) is 55.8 Å². The summed E-state index contributed by atoms with van der Waals surface area (Å²) in [6.45, 7) is 0.144. The number of ether oxygens (including phenoxy) is 2. The molecule has 0 aromatic heterocycles. The van der Waals surface area contributed by atoms with Crippen LogP contribution in [0.4, 0.5) is 4.79 Å². The maximum atomic E-state index is 13.5. The number of carbonyl (C=O) groups excluding carboxylic acids is 2. The Hall–Kier alpha value is -3.31. The molecule has 0 radical (unpaired) electrons. The molecular weight excluding hydrogens is 462 g/mol. The van der Waals surface area contributed by atoms with Gasteiger partial charge in [-0.25, -0.2) is 4.79 Å². The van der Waals surface area contributed by atoms with Gasteiger partial charge in [-0.15, -0.1) is 11.6 Å². The summed E-state index contributed by atoms with van der Waals surface area (Å²) in [7, 11) is 0. The van der Waals surface area contributed by atoms with Crippen LogP contribution in [-0.2, 0) is 20.9 Å². The Labute approximate surface area is 209 Å². The van der Waals surface area contributed by atoms with Gasteiger partial charge in [-0.3, -0.25) is 9.69 Å². The van der Waals surface area contributed by atoms with E-state index in [1.165, 1.54) is 0 Å². The fraction of sp³-hybridized carbons (Fsp3) is 0.310. The van der Waals surface area contributed by atoms with E-state index in [0.29, 0.717) is 6.42 Å². The quantitative estimate of drug-likeness (QED) is 0.294. The molecule has 3 aliphatic rings. The minimum Gasteiger partial charge on any atom is -0.460 e. The summed E-state index contributed by atoms with van der Waals surface area (Å²) in [5.41, 5.74) is 1.78. The second-order valence-corrected chi connectivity index (χ2v) is 10.2. The molecule has 1 saturated heterocycles. The molecule has 35 heavy (non-hydrogen) atoms. The zero-order chi connectivity index (χ0) is 24.0. The highest BCUT2D eigenvalue weighted by Gasteiger charge is 2.83. The molecule has 4 atom stereocenters. The molecule has 1 aliphatic heterocycles. The Balaban J connectivity index is 1.35.